The zero-order valence-electron chi connectivity index (χ0n) is 10.6. The molecule has 0 saturated carbocycles. The number of aromatic nitrogens is 2. The quantitative estimate of drug-likeness (QED) is 0.470. The van der Waals surface area contributed by atoms with Crippen molar-refractivity contribution in [1.29, 1.82) is 0 Å². The number of hydrogen-bond donors (Lipinski definition) is 0. The van der Waals surface area contributed by atoms with Crippen LogP contribution in [0.25, 0.3) is 0 Å². The minimum atomic E-state index is -0.776. The molecule has 0 amide bonds. The smallest absolute Gasteiger partial charge is 0.396 e. The lowest BCUT2D eigenvalue weighted by Gasteiger charge is -1.98. The maximum absolute atomic E-state index is 13.3. The molecule has 1 aromatic carbocycles. The first-order valence-corrected chi connectivity index (χ1v) is 6.44. The highest BCUT2D eigenvalue weighted by Crippen LogP contribution is 2.30. The van der Waals surface area contributed by atoms with Crippen LogP contribution in [0.5, 0.6) is 0 Å². The first kappa shape index (κ1) is 14.9. The van der Waals surface area contributed by atoms with Crippen LogP contribution in [-0.2, 0) is 4.74 Å². The Bertz CT molecular complexity index is 690. The number of halogens is 1. The van der Waals surface area contributed by atoms with Crippen LogP contribution in [0.4, 0.5) is 10.1 Å². The van der Waals surface area contributed by atoms with Crippen LogP contribution in [0.1, 0.15) is 17.6 Å². The van der Waals surface area contributed by atoms with Gasteiger partial charge in [-0.05, 0) is 24.8 Å². The Morgan fingerprint density at radius 3 is 2.90 bits per heavy atom. The first-order chi connectivity index (χ1) is 9.99. The molecule has 110 valence electrons. The average Bonchev–Trinajstić information content (AvgIpc) is 2.87. The van der Waals surface area contributed by atoms with Crippen molar-refractivity contribution in [2.45, 2.75) is 17.0 Å². The van der Waals surface area contributed by atoms with Crippen molar-refractivity contribution in [3.8, 4) is 0 Å². The van der Waals surface area contributed by atoms with Gasteiger partial charge in [-0.2, -0.15) is 0 Å². The van der Waals surface area contributed by atoms with Crippen molar-refractivity contribution in [3.05, 3.63) is 40.0 Å². The molecule has 0 saturated heterocycles. The highest BCUT2D eigenvalue weighted by Gasteiger charge is 2.18. The van der Waals surface area contributed by atoms with E-state index in [-0.39, 0.29) is 22.6 Å². The topological polar surface area (TPSA) is 108 Å². The molecule has 2 aromatic rings. The number of non-ortho nitro benzene ring substituents is 1. The fourth-order valence-corrected chi connectivity index (χ4v) is 2.09. The van der Waals surface area contributed by atoms with Crippen LogP contribution in [0.3, 0.4) is 0 Å². The molecule has 0 bridgehead atoms. The monoisotopic (exact) mass is 313 g/mol. The van der Waals surface area contributed by atoms with Crippen LogP contribution in [0, 0.1) is 15.9 Å². The van der Waals surface area contributed by atoms with Crippen LogP contribution >= 0.6 is 11.8 Å². The van der Waals surface area contributed by atoms with Gasteiger partial charge in [-0.3, -0.25) is 10.1 Å². The van der Waals surface area contributed by atoms with Crippen LogP contribution in [-0.4, -0.2) is 27.7 Å². The van der Waals surface area contributed by atoms with Gasteiger partial charge in [0.05, 0.1) is 17.6 Å². The molecule has 1 heterocycles. The Hall–Kier alpha value is -2.49. The molecule has 10 heteroatoms. The van der Waals surface area contributed by atoms with E-state index < -0.39 is 22.4 Å². The van der Waals surface area contributed by atoms with Gasteiger partial charge in [-0.1, -0.05) is 5.10 Å². The summed E-state index contributed by atoms with van der Waals surface area (Å²) in [5, 5.41) is 17.6. The normalized spacial score (nSPS) is 10.4. The SMILES string of the molecule is CCOC(=O)c1nnc(Sc2cc(F)cc([N+](=O)[O-])c2)o1. The zero-order valence-corrected chi connectivity index (χ0v) is 11.4. The van der Waals surface area contributed by atoms with Gasteiger partial charge < -0.3 is 9.15 Å². The number of nitro benzene ring substituents is 1. The summed E-state index contributed by atoms with van der Waals surface area (Å²) < 4.78 is 22.9. The molecule has 1 aromatic heterocycles. The molecule has 8 nitrogen and oxygen atoms in total. The van der Waals surface area contributed by atoms with E-state index in [4.69, 9.17) is 4.42 Å². The molecule has 0 fully saturated rings. The largest absolute Gasteiger partial charge is 0.459 e. The molecule has 0 N–H and O–H groups in total. The highest BCUT2D eigenvalue weighted by atomic mass is 32.2. The number of ether oxygens (including phenoxy) is 1. The van der Waals surface area contributed by atoms with E-state index >= 15 is 0 Å². The summed E-state index contributed by atoms with van der Waals surface area (Å²) in [6.45, 7) is 1.77. The summed E-state index contributed by atoms with van der Waals surface area (Å²) in [6, 6.07) is 3.02. The van der Waals surface area contributed by atoms with Crippen molar-refractivity contribution < 1.29 is 23.3 Å². The van der Waals surface area contributed by atoms with Crippen LogP contribution in [0.2, 0.25) is 0 Å². The Morgan fingerprint density at radius 1 is 1.48 bits per heavy atom. The first-order valence-electron chi connectivity index (χ1n) is 5.63. The van der Waals surface area contributed by atoms with Gasteiger partial charge in [0, 0.05) is 11.0 Å². The van der Waals surface area contributed by atoms with Gasteiger partial charge in [0.1, 0.15) is 5.82 Å². The Kier molecular flexibility index (Phi) is 4.48. The molecule has 0 aliphatic heterocycles. The molecule has 0 aliphatic rings. The van der Waals surface area contributed by atoms with Gasteiger partial charge in [0.2, 0.25) is 0 Å². The van der Waals surface area contributed by atoms with Gasteiger partial charge in [0.25, 0.3) is 10.9 Å². The number of rotatable bonds is 5. The average molecular weight is 313 g/mol. The van der Waals surface area contributed by atoms with Gasteiger partial charge in [-0.25, -0.2) is 9.18 Å². The van der Waals surface area contributed by atoms with Crippen molar-refractivity contribution in [2.24, 2.45) is 0 Å². The van der Waals surface area contributed by atoms with E-state index in [2.05, 4.69) is 14.9 Å². The van der Waals surface area contributed by atoms with E-state index in [9.17, 15) is 19.3 Å². The maximum atomic E-state index is 13.3. The van der Waals surface area contributed by atoms with Crippen molar-refractivity contribution >= 4 is 23.4 Å². The predicted octanol–water partition coefficient (Wildman–Crippen LogP) is 2.44. The number of carbonyl (C=O) groups excluding carboxylic acids is 1. The Morgan fingerprint density at radius 2 is 2.24 bits per heavy atom. The number of esters is 1. The summed E-state index contributed by atoms with van der Waals surface area (Å²) in [7, 11) is 0. The third-order valence-corrected chi connectivity index (χ3v) is 2.94. The second-order valence-corrected chi connectivity index (χ2v) is 4.62. The number of nitrogens with zero attached hydrogens (tertiary/aromatic N) is 3. The third kappa shape index (κ3) is 3.75. The molecule has 0 atom stereocenters. The molecule has 0 unspecified atom stereocenters. The molecular weight excluding hydrogens is 305 g/mol. The van der Waals surface area contributed by atoms with Gasteiger partial charge >= 0.3 is 11.9 Å². The van der Waals surface area contributed by atoms with E-state index in [1.165, 1.54) is 0 Å². The van der Waals surface area contributed by atoms with Crippen molar-refractivity contribution in [1.82, 2.24) is 10.2 Å². The van der Waals surface area contributed by atoms with E-state index in [0.29, 0.717) is 0 Å². The number of carbonyl (C=O) groups is 1. The minimum Gasteiger partial charge on any atom is -0.459 e. The van der Waals surface area contributed by atoms with Crippen LogP contribution < -0.4 is 0 Å². The fourth-order valence-electron chi connectivity index (χ4n) is 1.34. The maximum Gasteiger partial charge on any atom is 0.396 e. The summed E-state index contributed by atoms with van der Waals surface area (Å²) >= 11 is 0.797. The van der Waals surface area contributed by atoms with Crippen molar-refractivity contribution in [3.63, 3.8) is 0 Å². The molecule has 21 heavy (non-hydrogen) atoms. The van der Waals surface area contributed by atoms with Gasteiger partial charge in [0.15, 0.2) is 0 Å². The fraction of sp³-hybridized carbons (Fsp3) is 0.182. The Labute approximate surface area is 121 Å². The van der Waals surface area contributed by atoms with Gasteiger partial charge in [-0.15, -0.1) is 5.10 Å². The van der Waals surface area contributed by atoms with E-state index in [1.807, 2.05) is 0 Å². The molecule has 2 rings (SSSR count). The lowest BCUT2D eigenvalue weighted by molar-refractivity contribution is -0.385. The number of benzene rings is 1. The summed E-state index contributed by atoms with van der Waals surface area (Å²) in [5.74, 6) is -1.89. The summed E-state index contributed by atoms with van der Waals surface area (Å²) in [5.41, 5.74) is -0.400. The van der Waals surface area contributed by atoms with E-state index in [1.54, 1.807) is 6.92 Å². The van der Waals surface area contributed by atoms with E-state index in [0.717, 1.165) is 30.0 Å². The highest BCUT2D eigenvalue weighted by molar-refractivity contribution is 7.99. The lowest BCUT2D eigenvalue weighted by Crippen LogP contribution is -2.04. The summed E-state index contributed by atoms with van der Waals surface area (Å²) in [4.78, 5) is 21.4. The second kappa shape index (κ2) is 6.31. The van der Waals surface area contributed by atoms with Crippen molar-refractivity contribution in [2.75, 3.05) is 6.61 Å². The molecule has 0 aliphatic carbocycles. The number of nitro groups is 1. The lowest BCUT2D eigenvalue weighted by atomic mass is 10.3. The third-order valence-electron chi connectivity index (χ3n) is 2.13. The predicted molar refractivity (Wildman–Crippen MR) is 67.4 cm³/mol. The Balaban J connectivity index is 2.19. The molecular formula is C11H8FN3O5S. The number of hydrogen-bond acceptors (Lipinski definition) is 8. The standard InChI is InChI=1S/C11H8FN3O5S/c1-2-19-10(16)9-13-14-11(20-9)21-8-4-6(12)3-7(5-8)15(17)18/h3-5H,2H2,1H3. The summed E-state index contributed by atoms with van der Waals surface area (Å²) in [6.07, 6.45) is 0. The zero-order chi connectivity index (χ0) is 15.4. The van der Waals surface area contributed by atoms with Crippen LogP contribution in [0.15, 0.2) is 32.7 Å². The molecule has 0 spiro atoms. The molecule has 0 radical (unpaired) electrons. The second-order valence-electron chi connectivity index (χ2n) is 3.60. The minimum absolute atomic E-state index is 0.0575.